The summed E-state index contributed by atoms with van der Waals surface area (Å²) >= 11 is 1.04. The van der Waals surface area contributed by atoms with E-state index in [0.29, 0.717) is 16.7 Å². The van der Waals surface area contributed by atoms with Crippen molar-refractivity contribution in [3.63, 3.8) is 0 Å². The topological polar surface area (TPSA) is 111 Å². The Kier molecular flexibility index (Phi) is 3.43. The van der Waals surface area contributed by atoms with Crippen molar-refractivity contribution >= 4 is 28.3 Å². The zero-order valence-corrected chi connectivity index (χ0v) is 9.91. The molecular formula is C8H12N4O3S. The monoisotopic (exact) mass is 244 g/mol. The zero-order chi connectivity index (χ0) is 12.3. The van der Waals surface area contributed by atoms with Crippen molar-refractivity contribution in [2.45, 2.75) is 26.4 Å². The average Bonchev–Trinajstić information content (AvgIpc) is 2.61. The second-order valence-electron chi connectivity index (χ2n) is 3.54. The summed E-state index contributed by atoms with van der Waals surface area (Å²) in [5, 5.41) is 12.8. The van der Waals surface area contributed by atoms with Gasteiger partial charge in [0.25, 0.3) is 0 Å². The number of carbonyl (C=O) groups is 1. The number of hydrogen-bond acceptors (Lipinski definition) is 7. The zero-order valence-electron chi connectivity index (χ0n) is 9.09. The van der Waals surface area contributed by atoms with Crippen molar-refractivity contribution < 1.29 is 14.7 Å². The highest BCUT2D eigenvalue weighted by atomic mass is 32.1. The molecule has 3 N–H and O–H groups in total. The van der Waals surface area contributed by atoms with Crippen LogP contribution in [0.15, 0.2) is 5.16 Å². The highest BCUT2D eigenvalue weighted by Crippen LogP contribution is 2.11. The van der Waals surface area contributed by atoms with E-state index in [2.05, 4.69) is 14.5 Å². The smallest absolute Gasteiger partial charge is 0.350 e. The molecule has 0 unspecified atom stereocenters. The van der Waals surface area contributed by atoms with E-state index in [9.17, 15) is 4.79 Å². The first kappa shape index (κ1) is 12.4. The Bertz CT molecular complexity index is 427. The lowest BCUT2D eigenvalue weighted by molar-refractivity contribution is -0.161. The third-order valence-corrected chi connectivity index (χ3v) is 2.23. The van der Waals surface area contributed by atoms with Crippen molar-refractivity contribution in [1.29, 1.82) is 0 Å². The van der Waals surface area contributed by atoms with Crippen LogP contribution in [0.1, 0.15) is 26.6 Å². The second-order valence-corrected chi connectivity index (χ2v) is 4.32. The Hall–Kier alpha value is -1.70. The lowest BCUT2D eigenvalue weighted by Gasteiger charge is -2.16. The largest absolute Gasteiger partial charge is 0.478 e. The number of hydrogen-bond donors (Lipinski definition) is 2. The van der Waals surface area contributed by atoms with Crippen molar-refractivity contribution in [2.75, 3.05) is 5.73 Å². The van der Waals surface area contributed by atoms with Crippen LogP contribution in [0.2, 0.25) is 0 Å². The first-order chi connectivity index (χ1) is 7.33. The van der Waals surface area contributed by atoms with Crippen molar-refractivity contribution in [3.05, 3.63) is 5.82 Å². The fraction of sp³-hybridized carbons (Fsp3) is 0.500. The van der Waals surface area contributed by atoms with Crippen LogP contribution in [0.3, 0.4) is 0 Å². The van der Waals surface area contributed by atoms with Crippen molar-refractivity contribution in [1.82, 2.24) is 9.36 Å². The van der Waals surface area contributed by atoms with Gasteiger partial charge in [0, 0.05) is 11.5 Å². The van der Waals surface area contributed by atoms with E-state index < -0.39 is 11.6 Å². The van der Waals surface area contributed by atoms with Crippen LogP contribution in [0.4, 0.5) is 5.13 Å². The normalized spacial score (nSPS) is 12.6. The summed E-state index contributed by atoms with van der Waals surface area (Å²) in [6, 6.07) is 0. The summed E-state index contributed by atoms with van der Waals surface area (Å²) in [7, 11) is 0. The molecule has 0 bridgehead atoms. The highest BCUT2D eigenvalue weighted by molar-refractivity contribution is 7.09. The summed E-state index contributed by atoms with van der Waals surface area (Å²) in [5.74, 6) is -0.765. The molecule has 0 amide bonds. The first-order valence-corrected chi connectivity index (χ1v) is 5.16. The van der Waals surface area contributed by atoms with Gasteiger partial charge in [0.2, 0.25) is 5.60 Å². The maximum atomic E-state index is 10.7. The summed E-state index contributed by atoms with van der Waals surface area (Å²) in [4.78, 5) is 19.5. The van der Waals surface area contributed by atoms with E-state index in [1.165, 1.54) is 13.8 Å². The number of anilines is 1. The molecule has 0 aromatic carbocycles. The number of aliphatic carboxylic acids is 1. The van der Waals surface area contributed by atoms with Gasteiger partial charge in [0.05, 0.1) is 0 Å². The van der Waals surface area contributed by atoms with Gasteiger partial charge in [0.15, 0.2) is 11.0 Å². The number of nitrogens with two attached hydrogens (primary N) is 1. The predicted octanol–water partition coefficient (Wildman–Crippen LogP) is 0.724. The molecule has 0 aliphatic rings. The Balaban J connectivity index is 2.75. The number of aromatic nitrogens is 2. The minimum Gasteiger partial charge on any atom is -0.478 e. The van der Waals surface area contributed by atoms with Gasteiger partial charge in [0.1, 0.15) is 5.71 Å². The van der Waals surface area contributed by atoms with Crippen molar-refractivity contribution in [2.24, 2.45) is 5.16 Å². The van der Waals surface area contributed by atoms with Crippen LogP contribution in [0.25, 0.3) is 0 Å². The SMILES string of the molecule is C/C(=N\OC(C)(C)C(=O)O)c1nsc(N)n1. The van der Waals surface area contributed by atoms with Gasteiger partial charge < -0.3 is 15.7 Å². The highest BCUT2D eigenvalue weighted by Gasteiger charge is 2.29. The van der Waals surface area contributed by atoms with Crippen LogP contribution >= 0.6 is 11.5 Å². The van der Waals surface area contributed by atoms with Gasteiger partial charge in [-0.25, -0.2) is 4.79 Å². The fourth-order valence-corrected chi connectivity index (χ4v) is 1.12. The van der Waals surface area contributed by atoms with Crippen LogP contribution < -0.4 is 5.73 Å². The number of carboxylic acid groups (broad SMARTS) is 1. The molecule has 16 heavy (non-hydrogen) atoms. The molecule has 0 fully saturated rings. The van der Waals surface area contributed by atoms with E-state index in [0.717, 1.165) is 11.5 Å². The Labute approximate surface area is 96.1 Å². The lowest BCUT2D eigenvalue weighted by Crippen LogP contribution is -2.33. The number of carboxylic acids is 1. The Morgan fingerprint density at radius 1 is 1.62 bits per heavy atom. The molecule has 1 heterocycles. The summed E-state index contributed by atoms with van der Waals surface area (Å²) in [6.45, 7) is 4.41. The minimum absolute atomic E-state index is 0.321. The quantitative estimate of drug-likeness (QED) is 0.596. The number of oxime groups is 1. The molecule has 8 heteroatoms. The third-order valence-electron chi connectivity index (χ3n) is 1.69. The number of nitrogens with zero attached hydrogens (tertiary/aromatic N) is 3. The van der Waals surface area contributed by atoms with E-state index in [1.807, 2.05) is 0 Å². The van der Waals surface area contributed by atoms with Crippen LogP contribution in [-0.4, -0.2) is 31.7 Å². The van der Waals surface area contributed by atoms with Crippen LogP contribution in [0.5, 0.6) is 0 Å². The molecule has 1 aromatic rings. The molecule has 0 atom stereocenters. The van der Waals surface area contributed by atoms with Crippen LogP contribution in [0, 0.1) is 0 Å². The summed E-state index contributed by atoms with van der Waals surface area (Å²) < 4.78 is 3.91. The molecule has 0 saturated heterocycles. The third kappa shape index (κ3) is 2.89. The van der Waals surface area contributed by atoms with Crippen molar-refractivity contribution in [3.8, 4) is 0 Å². The molecule has 0 saturated carbocycles. The van der Waals surface area contributed by atoms with E-state index in [-0.39, 0.29) is 0 Å². The fourth-order valence-electron chi connectivity index (χ4n) is 0.645. The Morgan fingerprint density at radius 3 is 2.69 bits per heavy atom. The van der Waals surface area contributed by atoms with Gasteiger partial charge >= 0.3 is 5.97 Å². The first-order valence-electron chi connectivity index (χ1n) is 4.38. The second kappa shape index (κ2) is 4.44. The molecule has 7 nitrogen and oxygen atoms in total. The van der Waals surface area contributed by atoms with E-state index in [4.69, 9.17) is 15.7 Å². The molecule has 1 rings (SSSR count). The molecule has 0 aliphatic heterocycles. The molecule has 0 spiro atoms. The standard InChI is InChI=1S/C8H12N4O3S/c1-4(5-10-7(9)16-12-5)11-15-8(2,3)6(13)14/h1-3H3,(H,13,14)(H2,9,10,12)/b11-4+. The van der Waals surface area contributed by atoms with Gasteiger partial charge in [-0.1, -0.05) is 5.16 Å². The van der Waals surface area contributed by atoms with Gasteiger partial charge in [-0.05, 0) is 20.8 Å². The minimum atomic E-state index is -1.39. The molecule has 0 aliphatic carbocycles. The van der Waals surface area contributed by atoms with E-state index in [1.54, 1.807) is 6.92 Å². The Morgan fingerprint density at radius 2 is 2.25 bits per heavy atom. The van der Waals surface area contributed by atoms with Gasteiger partial charge in [-0.3, -0.25) is 0 Å². The molecule has 0 radical (unpaired) electrons. The van der Waals surface area contributed by atoms with E-state index >= 15 is 0 Å². The number of nitrogen functional groups attached to an aromatic ring is 1. The lowest BCUT2D eigenvalue weighted by atomic mass is 10.1. The molecule has 88 valence electrons. The maximum absolute atomic E-state index is 10.7. The van der Waals surface area contributed by atoms with Crippen LogP contribution in [-0.2, 0) is 9.63 Å². The summed E-state index contributed by atoms with van der Waals surface area (Å²) in [6.07, 6.45) is 0. The summed E-state index contributed by atoms with van der Waals surface area (Å²) in [5.41, 5.74) is 4.39. The predicted molar refractivity (Wildman–Crippen MR) is 59.3 cm³/mol. The molecule has 1 aromatic heterocycles. The molecular weight excluding hydrogens is 232 g/mol. The van der Waals surface area contributed by atoms with Gasteiger partial charge in [-0.2, -0.15) is 9.36 Å². The van der Waals surface area contributed by atoms with Gasteiger partial charge in [-0.15, -0.1) is 0 Å². The maximum Gasteiger partial charge on any atom is 0.350 e. The average molecular weight is 244 g/mol. The number of rotatable bonds is 4.